The Labute approximate surface area is 163 Å². The zero-order valence-corrected chi connectivity index (χ0v) is 16.5. The molecule has 1 aromatic rings. The van der Waals surface area contributed by atoms with E-state index in [-0.39, 0.29) is 5.78 Å². The van der Waals surface area contributed by atoms with Crippen LogP contribution < -0.4 is 4.74 Å². The first-order valence-corrected chi connectivity index (χ1v) is 9.24. The molecule has 4 rings (SSSR count). The van der Waals surface area contributed by atoms with Gasteiger partial charge in [0.1, 0.15) is 24.1 Å². The molecule has 3 heterocycles. The maximum absolute atomic E-state index is 12.8. The Balaban J connectivity index is 1.54. The number of carbonyl (C=O) groups excluding carboxylic acids is 2. The Kier molecular flexibility index (Phi) is 4.59. The minimum atomic E-state index is -1.04. The molecule has 3 fully saturated rings. The summed E-state index contributed by atoms with van der Waals surface area (Å²) in [6.45, 7) is 8.55. The highest BCUT2D eigenvalue weighted by molar-refractivity contribution is 5.94. The normalized spacial score (nSPS) is 35.1. The van der Waals surface area contributed by atoms with Crippen molar-refractivity contribution in [1.29, 1.82) is 0 Å². The van der Waals surface area contributed by atoms with Crippen molar-refractivity contribution >= 4 is 11.8 Å². The van der Waals surface area contributed by atoms with E-state index in [0.29, 0.717) is 11.3 Å². The maximum atomic E-state index is 12.8. The van der Waals surface area contributed by atoms with Gasteiger partial charge in [0.2, 0.25) is 0 Å². The van der Waals surface area contributed by atoms with Crippen LogP contribution in [0.3, 0.4) is 0 Å². The molecule has 0 aliphatic carbocycles. The van der Waals surface area contributed by atoms with Crippen LogP contribution in [0.15, 0.2) is 24.3 Å². The van der Waals surface area contributed by atoms with E-state index in [9.17, 15) is 9.59 Å². The van der Waals surface area contributed by atoms with Crippen LogP contribution in [0.5, 0.6) is 5.75 Å². The number of carbonyl (C=O) groups is 2. The van der Waals surface area contributed by atoms with Crippen LogP contribution in [0.4, 0.5) is 0 Å². The summed E-state index contributed by atoms with van der Waals surface area (Å²) in [5.41, 5.74) is 0.532. The zero-order chi connectivity index (χ0) is 20.3. The number of ether oxygens (including phenoxy) is 6. The molecule has 0 N–H and O–H groups in total. The van der Waals surface area contributed by atoms with Crippen LogP contribution in [0.2, 0.25) is 0 Å². The molecule has 0 bridgehead atoms. The van der Waals surface area contributed by atoms with Gasteiger partial charge in [-0.1, -0.05) is 0 Å². The maximum Gasteiger partial charge on any atom is 0.343 e. The van der Waals surface area contributed by atoms with E-state index in [4.69, 9.17) is 28.4 Å². The smallest absolute Gasteiger partial charge is 0.343 e. The van der Waals surface area contributed by atoms with E-state index in [2.05, 4.69) is 0 Å². The molecule has 28 heavy (non-hydrogen) atoms. The average molecular weight is 392 g/mol. The van der Waals surface area contributed by atoms with Crippen LogP contribution in [0.1, 0.15) is 45.0 Å². The van der Waals surface area contributed by atoms with Gasteiger partial charge in [-0.3, -0.25) is 4.79 Å². The van der Waals surface area contributed by atoms with Crippen LogP contribution in [-0.2, 0) is 28.5 Å². The molecule has 0 radical (unpaired) electrons. The fourth-order valence-electron chi connectivity index (χ4n) is 3.73. The Morgan fingerprint density at radius 2 is 1.43 bits per heavy atom. The summed E-state index contributed by atoms with van der Waals surface area (Å²) >= 11 is 0. The van der Waals surface area contributed by atoms with Crippen LogP contribution >= 0.6 is 0 Å². The molecule has 8 heteroatoms. The number of ketones is 1. The van der Waals surface area contributed by atoms with E-state index in [1.165, 1.54) is 6.92 Å². The molecular weight excluding hydrogens is 368 g/mol. The lowest BCUT2D eigenvalue weighted by Gasteiger charge is -2.35. The number of esters is 1. The molecule has 3 aliphatic heterocycles. The van der Waals surface area contributed by atoms with Crippen LogP contribution in [0.25, 0.3) is 0 Å². The fourth-order valence-corrected chi connectivity index (χ4v) is 3.73. The second kappa shape index (κ2) is 6.60. The number of fused-ring (bicyclic) bond motifs is 3. The monoisotopic (exact) mass is 392 g/mol. The highest BCUT2D eigenvalue weighted by Crippen LogP contribution is 2.44. The molecule has 0 saturated carbocycles. The largest absolute Gasteiger partial charge is 0.425 e. The molecule has 3 saturated heterocycles. The van der Waals surface area contributed by atoms with Gasteiger partial charge in [-0.2, -0.15) is 0 Å². The van der Waals surface area contributed by atoms with Gasteiger partial charge in [-0.05, 0) is 58.9 Å². The predicted octanol–water partition coefficient (Wildman–Crippen LogP) is 2.19. The third kappa shape index (κ3) is 3.58. The van der Waals surface area contributed by atoms with Gasteiger partial charge in [-0.15, -0.1) is 0 Å². The summed E-state index contributed by atoms with van der Waals surface area (Å²) in [7, 11) is 0. The zero-order valence-electron chi connectivity index (χ0n) is 16.5. The van der Waals surface area contributed by atoms with Gasteiger partial charge in [0.15, 0.2) is 29.8 Å². The van der Waals surface area contributed by atoms with E-state index < -0.39 is 48.2 Å². The first-order chi connectivity index (χ1) is 13.0. The molecule has 8 nitrogen and oxygen atoms in total. The summed E-state index contributed by atoms with van der Waals surface area (Å²) in [4.78, 5) is 24.2. The minimum absolute atomic E-state index is 0.0675. The first-order valence-electron chi connectivity index (χ1n) is 9.24. The number of Topliss-reactive ketones (excluding diaryl/α,β-unsaturated/α-hetero) is 1. The van der Waals surface area contributed by atoms with Crippen molar-refractivity contribution in [1.82, 2.24) is 0 Å². The van der Waals surface area contributed by atoms with Crippen molar-refractivity contribution in [3.63, 3.8) is 0 Å². The van der Waals surface area contributed by atoms with E-state index in [0.717, 1.165) is 0 Å². The van der Waals surface area contributed by atoms with Gasteiger partial charge in [0.25, 0.3) is 0 Å². The van der Waals surface area contributed by atoms with Crippen molar-refractivity contribution < 1.29 is 38.0 Å². The van der Waals surface area contributed by atoms with Crippen molar-refractivity contribution in [2.45, 2.75) is 76.9 Å². The van der Waals surface area contributed by atoms with Gasteiger partial charge < -0.3 is 28.4 Å². The Hall–Kier alpha value is -1.84. The van der Waals surface area contributed by atoms with Crippen molar-refractivity contribution in [3.05, 3.63) is 29.8 Å². The second-order valence-corrected chi connectivity index (χ2v) is 8.09. The minimum Gasteiger partial charge on any atom is -0.425 e. The lowest BCUT2D eigenvalue weighted by Crippen LogP contribution is -2.58. The lowest BCUT2D eigenvalue weighted by atomic mass is 9.99. The molecule has 0 amide bonds. The standard InChI is InChI=1S/C20H24O8/c1-10(21)11-6-8-12(9-7-11)23-17(22)15-13-14(26-19(2,3)25-13)16-18(24-15)28-20(4,5)27-16/h6-9,13-16,18H,1-5H3. The van der Waals surface area contributed by atoms with E-state index in [1.807, 2.05) is 0 Å². The highest BCUT2D eigenvalue weighted by atomic mass is 16.9. The molecular formula is C20H24O8. The molecule has 0 aromatic heterocycles. The molecule has 152 valence electrons. The summed E-state index contributed by atoms with van der Waals surface area (Å²) in [5.74, 6) is -2.15. The molecule has 5 atom stereocenters. The van der Waals surface area contributed by atoms with Crippen molar-refractivity contribution in [3.8, 4) is 5.75 Å². The van der Waals surface area contributed by atoms with Crippen LogP contribution in [-0.4, -0.2) is 54.0 Å². The van der Waals surface area contributed by atoms with Crippen molar-refractivity contribution in [2.75, 3.05) is 0 Å². The topological polar surface area (TPSA) is 89.5 Å². The quantitative estimate of drug-likeness (QED) is 0.439. The number of rotatable bonds is 3. The summed E-state index contributed by atoms with van der Waals surface area (Å²) < 4.78 is 34.9. The van der Waals surface area contributed by atoms with Crippen LogP contribution in [0, 0.1) is 0 Å². The molecule has 0 spiro atoms. The highest BCUT2D eigenvalue weighted by Gasteiger charge is 2.62. The van der Waals surface area contributed by atoms with Gasteiger partial charge in [0, 0.05) is 5.56 Å². The van der Waals surface area contributed by atoms with Crippen molar-refractivity contribution in [2.24, 2.45) is 0 Å². The summed E-state index contributed by atoms with van der Waals surface area (Å²) in [6.07, 6.45) is -3.56. The average Bonchev–Trinajstić information content (AvgIpc) is 3.08. The Morgan fingerprint density at radius 1 is 0.857 bits per heavy atom. The Morgan fingerprint density at radius 3 is 2.07 bits per heavy atom. The summed E-state index contributed by atoms with van der Waals surface area (Å²) in [5, 5.41) is 0. The first kappa shape index (κ1) is 19.5. The van der Waals surface area contributed by atoms with E-state index >= 15 is 0 Å². The van der Waals surface area contributed by atoms with Gasteiger partial charge in [-0.25, -0.2) is 4.79 Å². The SMILES string of the molecule is CC(=O)c1ccc(OC(=O)C2OC3OC(C)(C)OC3C3OC(C)(C)OC23)cc1. The van der Waals surface area contributed by atoms with E-state index in [1.54, 1.807) is 52.0 Å². The van der Waals surface area contributed by atoms with Gasteiger partial charge in [0.05, 0.1) is 0 Å². The predicted molar refractivity (Wildman–Crippen MR) is 94.6 cm³/mol. The second-order valence-electron chi connectivity index (χ2n) is 8.09. The fraction of sp³-hybridized carbons (Fsp3) is 0.600. The molecule has 5 unspecified atom stereocenters. The lowest BCUT2D eigenvalue weighted by molar-refractivity contribution is -0.236. The Bertz CT molecular complexity index is 784. The number of hydrogen-bond acceptors (Lipinski definition) is 8. The molecule has 3 aliphatic rings. The number of benzene rings is 1. The third-order valence-corrected chi connectivity index (χ3v) is 4.87. The summed E-state index contributed by atoms with van der Waals surface area (Å²) in [6, 6.07) is 6.32. The number of hydrogen-bond donors (Lipinski definition) is 0. The third-order valence-electron chi connectivity index (χ3n) is 4.87. The van der Waals surface area contributed by atoms with Gasteiger partial charge >= 0.3 is 5.97 Å². The molecule has 1 aromatic carbocycles.